The van der Waals surface area contributed by atoms with Gasteiger partial charge in [-0.15, -0.1) is 0 Å². The second-order valence-electron chi connectivity index (χ2n) is 3.25. The molecule has 0 heterocycles. The quantitative estimate of drug-likeness (QED) is 0.609. The first kappa shape index (κ1) is 14.0. The van der Waals surface area contributed by atoms with Crippen LogP contribution in [-0.2, 0) is 6.18 Å². The number of carbonyl (C=O) groups excluding carboxylic acids is 1. The number of hydrogen-bond donors (Lipinski definition) is 0. The number of thioether (sulfide) groups is 1. The molecule has 0 unspecified atom stereocenters. The van der Waals surface area contributed by atoms with Crippen LogP contribution in [0.5, 0.6) is 0 Å². The average molecular weight is 266 g/mol. The number of Topliss-reactive ketones (excluding diaryl/α,β-unsaturated/α-hetero) is 1. The summed E-state index contributed by atoms with van der Waals surface area (Å²) in [5.74, 6) is -1.00. The SMILES string of the molecule is CCSCC(=O)c1ccc(F)c(C(F)(F)F)c1. The minimum absolute atomic E-state index is 0.0967. The Morgan fingerprint density at radius 3 is 2.53 bits per heavy atom. The third-order valence-electron chi connectivity index (χ3n) is 2.03. The van der Waals surface area contributed by atoms with Crippen molar-refractivity contribution in [2.45, 2.75) is 13.1 Å². The van der Waals surface area contributed by atoms with Crippen molar-refractivity contribution in [3.05, 3.63) is 35.1 Å². The number of hydrogen-bond acceptors (Lipinski definition) is 2. The van der Waals surface area contributed by atoms with Gasteiger partial charge in [0.2, 0.25) is 0 Å². The molecule has 0 fully saturated rings. The van der Waals surface area contributed by atoms with E-state index in [4.69, 9.17) is 0 Å². The van der Waals surface area contributed by atoms with E-state index in [2.05, 4.69) is 0 Å². The summed E-state index contributed by atoms with van der Waals surface area (Å²) in [6.07, 6.45) is -4.78. The van der Waals surface area contributed by atoms with Gasteiger partial charge in [-0.3, -0.25) is 4.79 Å². The highest BCUT2D eigenvalue weighted by molar-refractivity contribution is 7.99. The molecule has 17 heavy (non-hydrogen) atoms. The molecule has 0 aliphatic heterocycles. The van der Waals surface area contributed by atoms with Crippen LogP contribution in [-0.4, -0.2) is 17.3 Å². The van der Waals surface area contributed by atoms with E-state index in [0.29, 0.717) is 17.9 Å². The Labute approximate surface area is 100 Å². The first-order chi connectivity index (χ1) is 7.86. The lowest BCUT2D eigenvalue weighted by atomic mass is 10.1. The average Bonchev–Trinajstić information content (AvgIpc) is 2.25. The molecule has 1 nitrogen and oxygen atoms in total. The Bertz CT molecular complexity index is 414. The van der Waals surface area contributed by atoms with Crippen molar-refractivity contribution >= 4 is 17.5 Å². The topological polar surface area (TPSA) is 17.1 Å². The summed E-state index contributed by atoms with van der Waals surface area (Å²) in [6.45, 7) is 1.84. The maximum Gasteiger partial charge on any atom is 0.419 e. The summed E-state index contributed by atoms with van der Waals surface area (Å²) in [4.78, 5) is 11.5. The number of rotatable bonds is 4. The van der Waals surface area contributed by atoms with E-state index in [1.165, 1.54) is 11.8 Å². The smallest absolute Gasteiger partial charge is 0.293 e. The lowest BCUT2D eigenvalue weighted by molar-refractivity contribution is -0.140. The van der Waals surface area contributed by atoms with E-state index < -0.39 is 23.3 Å². The van der Waals surface area contributed by atoms with Gasteiger partial charge in [0.05, 0.1) is 11.3 Å². The summed E-state index contributed by atoms with van der Waals surface area (Å²) in [5.41, 5.74) is -1.51. The molecule has 0 saturated carbocycles. The fraction of sp³-hybridized carbons (Fsp3) is 0.364. The van der Waals surface area contributed by atoms with Crippen LogP contribution in [0, 0.1) is 5.82 Å². The molecule has 0 amide bonds. The highest BCUT2D eigenvalue weighted by atomic mass is 32.2. The molecule has 0 atom stereocenters. The van der Waals surface area contributed by atoms with Gasteiger partial charge < -0.3 is 0 Å². The first-order valence-corrected chi connectivity index (χ1v) is 5.99. The molecule has 0 aliphatic rings. The molecule has 1 aromatic rings. The lowest BCUT2D eigenvalue weighted by Gasteiger charge is -2.09. The molecule has 0 aliphatic carbocycles. The normalized spacial score (nSPS) is 11.6. The zero-order valence-electron chi connectivity index (χ0n) is 8.97. The molecule has 0 bridgehead atoms. The zero-order chi connectivity index (χ0) is 13.1. The fourth-order valence-corrected chi connectivity index (χ4v) is 1.75. The molecule has 0 radical (unpaired) electrons. The maximum atomic E-state index is 12.9. The van der Waals surface area contributed by atoms with Gasteiger partial charge in [0.15, 0.2) is 5.78 Å². The third-order valence-corrected chi connectivity index (χ3v) is 2.91. The summed E-state index contributed by atoms with van der Waals surface area (Å²) >= 11 is 1.30. The monoisotopic (exact) mass is 266 g/mol. The Morgan fingerprint density at radius 1 is 1.35 bits per heavy atom. The van der Waals surface area contributed by atoms with Gasteiger partial charge >= 0.3 is 6.18 Å². The largest absolute Gasteiger partial charge is 0.419 e. The van der Waals surface area contributed by atoms with Crippen molar-refractivity contribution in [2.24, 2.45) is 0 Å². The van der Waals surface area contributed by atoms with Gasteiger partial charge in [0.25, 0.3) is 0 Å². The summed E-state index contributed by atoms with van der Waals surface area (Å²) < 4.78 is 50.1. The Hall–Kier alpha value is -1.04. The minimum Gasteiger partial charge on any atom is -0.293 e. The highest BCUT2D eigenvalue weighted by Gasteiger charge is 2.34. The molecule has 6 heteroatoms. The van der Waals surface area contributed by atoms with Crippen molar-refractivity contribution in [3.8, 4) is 0 Å². The van der Waals surface area contributed by atoms with Crippen LogP contribution >= 0.6 is 11.8 Å². The van der Waals surface area contributed by atoms with Crippen molar-refractivity contribution in [1.82, 2.24) is 0 Å². The van der Waals surface area contributed by atoms with Crippen LogP contribution < -0.4 is 0 Å². The molecule has 1 rings (SSSR count). The number of carbonyl (C=O) groups is 1. The van der Waals surface area contributed by atoms with Crippen LogP contribution in [0.25, 0.3) is 0 Å². The Balaban J connectivity index is 3.00. The molecular formula is C11H10F4OS. The third kappa shape index (κ3) is 3.73. The van der Waals surface area contributed by atoms with Crippen molar-refractivity contribution in [2.75, 3.05) is 11.5 Å². The maximum absolute atomic E-state index is 12.9. The number of alkyl halides is 3. The molecule has 94 valence electrons. The predicted octanol–water partition coefficient (Wildman–Crippen LogP) is 3.78. The standard InChI is InChI=1S/C11H10F4OS/c1-2-17-6-10(16)7-3-4-9(12)8(5-7)11(13,14)15/h3-5H,2,6H2,1H3. The lowest BCUT2D eigenvalue weighted by Crippen LogP contribution is -2.11. The van der Waals surface area contributed by atoms with E-state index >= 15 is 0 Å². The molecule has 1 aromatic carbocycles. The summed E-state index contributed by atoms with van der Waals surface area (Å²) in [7, 11) is 0. The minimum atomic E-state index is -4.78. The fourth-order valence-electron chi connectivity index (χ4n) is 1.19. The number of halogens is 4. The Morgan fingerprint density at radius 2 is 2.00 bits per heavy atom. The number of benzene rings is 1. The van der Waals surface area contributed by atoms with Gasteiger partial charge in [-0.2, -0.15) is 24.9 Å². The van der Waals surface area contributed by atoms with Crippen molar-refractivity contribution in [3.63, 3.8) is 0 Å². The molecule has 0 N–H and O–H groups in total. The van der Waals surface area contributed by atoms with Crippen molar-refractivity contribution < 1.29 is 22.4 Å². The molecule has 0 saturated heterocycles. The van der Waals surface area contributed by atoms with Gasteiger partial charge in [0.1, 0.15) is 5.82 Å². The van der Waals surface area contributed by atoms with Gasteiger partial charge in [-0.05, 0) is 24.0 Å². The van der Waals surface area contributed by atoms with Gasteiger partial charge in [0, 0.05) is 5.56 Å². The number of ketones is 1. The molecule has 0 spiro atoms. The summed E-state index contributed by atoms with van der Waals surface area (Å²) in [5, 5.41) is 0. The second kappa shape index (κ2) is 5.53. The summed E-state index contributed by atoms with van der Waals surface area (Å²) in [6, 6.07) is 2.31. The second-order valence-corrected chi connectivity index (χ2v) is 4.53. The van der Waals surface area contributed by atoms with Crippen LogP contribution in [0.1, 0.15) is 22.8 Å². The van der Waals surface area contributed by atoms with E-state index in [-0.39, 0.29) is 11.3 Å². The van der Waals surface area contributed by atoms with Crippen LogP contribution in [0.15, 0.2) is 18.2 Å². The van der Waals surface area contributed by atoms with Gasteiger partial charge in [-0.25, -0.2) is 4.39 Å². The Kier molecular flexibility index (Phi) is 4.56. The first-order valence-electron chi connectivity index (χ1n) is 4.84. The molecular weight excluding hydrogens is 256 g/mol. The van der Waals surface area contributed by atoms with E-state index in [1.54, 1.807) is 0 Å². The van der Waals surface area contributed by atoms with Crippen LogP contribution in [0.3, 0.4) is 0 Å². The van der Waals surface area contributed by atoms with Crippen molar-refractivity contribution in [1.29, 1.82) is 0 Å². The van der Waals surface area contributed by atoms with E-state index in [0.717, 1.165) is 6.07 Å². The van der Waals surface area contributed by atoms with Crippen LogP contribution in [0.2, 0.25) is 0 Å². The highest BCUT2D eigenvalue weighted by Crippen LogP contribution is 2.32. The van der Waals surface area contributed by atoms with Gasteiger partial charge in [-0.1, -0.05) is 6.92 Å². The van der Waals surface area contributed by atoms with Crippen LogP contribution in [0.4, 0.5) is 17.6 Å². The zero-order valence-corrected chi connectivity index (χ0v) is 9.79. The molecule has 0 aromatic heterocycles. The predicted molar refractivity (Wildman–Crippen MR) is 58.7 cm³/mol. The van der Waals surface area contributed by atoms with E-state index in [9.17, 15) is 22.4 Å². The van der Waals surface area contributed by atoms with E-state index in [1.807, 2.05) is 6.92 Å².